The fraction of sp³-hybridized carbons (Fsp3) is 0.526. The number of ether oxygens (including phenoxy) is 1. The SMILES string of the molecule is c1cn(CCCCCOc2ccc(N3CCCCC3)cc2)cn1. The molecule has 23 heavy (non-hydrogen) atoms. The third-order valence-corrected chi connectivity index (χ3v) is 4.45. The first-order chi connectivity index (χ1) is 11.4. The number of aromatic nitrogens is 2. The van der Waals surface area contributed by atoms with E-state index in [2.05, 4.69) is 38.7 Å². The van der Waals surface area contributed by atoms with Crippen LogP contribution >= 0.6 is 0 Å². The van der Waals surface area contributed by atoms with E-state index < -0.39 is 0 Å². The van der Waals surface area contributed by atoms with E-state index in [1.807, 2.05) is 18.7 Å². The van der Waals surface area contributed by atoms with Gasteiger partial charge in [0, 0.05) is 37.7 Å². The van der Waals surface area contributed by atoms with E-state index in [1.54, 1.807) is 0 Å². The molecule has 1 aromatic heterocycles. The van der Waals surface area contributed by atoms with Crippen molar-refractivity contribution in [2.75, 3.05) is 24.6 Å². The number of rotatable bonds is 8. The summed E-state index contributed by atoms with van der Waals surface area (Å²) in [5, 5.41) is 0. The zero-order valence-corrected chi connectivity index (χ0v) is 13.9. The molecule has 0 bridgehead atoms. The van der Waals surface area contributed by atoms with Crippen molar-refractivity contribution in [3.63, 3.8) is 0 Å². The molecule has 0 aliphatic carbocycles. The molecule has 1 aliphatic rings. The van der Waals surface area contributed by atoms with Crippen LogP contribution in [0.15, 0.2) is 43.0 Å². The molecule has 2 heterocycles. The van der Waals surface area contributed by atoms with Crippen LogP contribution in [0.25, 0.3) is 0 Å². The number of nitrogens with zero attached hydrogens (tertiary/aromatic N) is 3. The highest BCUT2D eigenvalue weighted by molar-refractivity contribution is 5.49. The van der Waals surface area contributed by atoms with Gasteiger partial charge in [-0.15, -0.1) is 0 Å². The van der Waals surface area contributed by atoms with Crippen molar-refractivity contribution in [2.24, 2.45) is 0 Å². The van der Waals surface area contributed by atoms with E-state index in [4.69, 9.17) is 4.74 Å². The highest BCUT2D eigenvalue weighted by Crippen LogP contribution is 2.22. The average molecular weight is 313 g/mol. The van der Waals surface area contributed by atoms with Gasteiger partial charge in [-0.1, -0.05) is 0 Å². The van der Waals surface area contributed by atoms with Crippen LogP contribution in [0.2, 0.25) is 0 Å². The molecule has 1 aromatic carbocycles. The molecule has 1 fully saturated rings. The van der Waals surface area contributed by atoms with Gasteiger partial charge in [0.15, 0.2) is 0 Å². The second-order valence-electron chi connectivity index (χ2n) is 6.25. The van der Waals surface area contributed by atoms with Gasteiger partial charge in [-0.25, -0.2) is 4.98 Å². The summed E-state index contributed by atoms with van der Waals surface area (Å²) in [7, 11) is 0. The number of piperidine rings is 1. The lowest BCUT2D eigenvalue weighted by Crippen LogP contribution is -2.29. The van der Waals surface area contributed by atoms with Crippen LogP contribution in [0.3, 0.4) is 0 Å². The number of anilines is 1. The zero-order valence-electron chi connectivity index (χ0n) is 13.9. The number of hydrogen-bond acceptors (Lipinski definition) is 3. The number of benzene rings is 1. The van der Waals surface area contributed by atoms with E-state index >= 15 is 0 Å². The smallest absolute Gasteiger partial charge is 0.119 e. The first-order valence-corrected chi connectivity index (χ1v) is 8.85. The van der Waals surface area contributed by atoms with E-state index in [0.29, 0.717) is 0 Å². The Labute approximate surface area is 139 Å². The summed E-state index contributed by atoms with van der Waals surface area (Å²) >= 11 is 0. The monoisotopic (exact) mass is 313 g/mol. The number of aryl methyl sites for hydroxylation is 1. The van der Waals surface area contributed by atoms with Gasteiger partial charge in [0.05, 0.1) is 12.9 Å². The van der Waals surface area contributed by atoms with Crippen molar-refractivity contribution in [1.29, 1.82) is 0 Å². The Balaban J connectivity index is 1.32. The molecular formula is C19H27N3O. The van der Waals surface area contributed by atoms with E-state index in [-0.39, 0.29) is 0 Å². The molecule has 3 rings (SSSR count). The van der Waals surface area contributed by atoms with Crippen molar-refractivity contribution in [2.45, 2.75) is 45.1 Å². The van der Waals surface area contributed by atoms with Gasteiger partial charge in [-0.3, -0.25) is 0 Å². The highest BCUT2D eigenvalue weighted by Gasteiger charge is 2.10. The molecule has 0 N–H and O–H groups in total. The minimum atomic E-state index is 0.799. The summed E-state index contributed by atoms with van der Waals surface area (Å²) in [5.74, 6) is 0.986. The van der Waals surface area contributed by atoms with Gasteiger partial charge in [-0.2, -0.15) is 0 Å². The Bertz CT molecular complexity index is 545. The summed E-state index contributed by atoms with van der Waals surface area (Å²) in [4.78, 5) is 6.53. The van der Waals surface area contributed by atoms with Crippen molar-refractivity contribution in [1.82, 2.24) is 9.55 Å². The lowest BCUT2D eigenvalue weighted by atomic mass is 10.1. The van der Waals surface area contributed by atoms with Crippen molar-refractivity contribution in [3.05, 3.63) is 43.0 Å². The molecule has 0 radical (unpaired) electrons. The van der Waals surface area contributed by atoms with E-state index in [1.165, 1.54) is 50.9 Å². The van der Waals surface area contributed by atoms with Gasteiger partial charge >= 0.3 is 0 Å². The third kappa shape index (κ3) is 5.02. The van der Waals surface area contributed by atoms with Crippen molar-refractivity contribution >= 4 is 5.69 Å². The summed E-state index contributed by atoms with van der Waals surface area (Å²) in [6.07, 6.45) is 13.2. The van der Waals surface area contributed by atoms with Gasteiger partial charge < -0.3 is 14.2 Å². The average Bonchev–Trinajstić information content (AvgIpc) is 3.13. The summed E-state index contributed by atoms with van der Waals surface area (Å²) in [5.41, 5.74) is 1.33. The second-order valence-corrected chi connectivity index (χ2v) is 6.25. The fourth-order valence-electron chi connectivity index (χ4n) is 3.09. The molecular weight excluding hydrogens is 286 g/mol. The van der Waals surface area contributed by atoms with E-state index in [9.17, 15) is 0 Å². The van der Waals surface area contributed by atoms with Gasteiger partial charge in [0.1, 0.15) is 5.75 Å². The maximum absolute atomic E-state index is 5.85. The molecule has 4 nitrogen and oxygen atoms in total. The van der Waals surface area contributed by atoms with Crippen LogP contribution in [-0.4, -0.2) is 29.2 Å². The first kappa shape index (κ1) is 15.9. The summed E-state index contributed by atoms with van der Waals surface area (Å²) < 4.78 is 7.97. The van der Waals surface area contributed by atoms with Gasteiger partial charge in [0.25, 0.3) is 0 Å². The van der Waals surface area contributed by atoms with Crippen LogP contribution in [0.5, 0.6) is 5.75 Å². The quantitative estimate of drug-likeness (QED) is 0.687. The number of unbranched alkanes of at least 4 members (excludes halogenated alkanes) is 2. The van der Waals surface area contributed by atoms with Crippen LogP contribution < -0.4 is 9.64 Å². The molecule has 0 amide bonds. The van der Waals surface area contributed by atoms with Crippen LogP contribution in [0, 0.1) is 0 Å². The van der Waals surface area contributed by atoms with Crippen LogP contribution in [0.1, 0.15) is 38.5 Å². The maximum atomic E-state index is 5.85. The fourth-order valence-corrected chi connectivity index (χ4v) is 3.09. The topological polar surface area (TPSA) is 30.3 Å². The maximum Gasteiger partial charge on any atom is 0.119 e. The Morgan fingerprint density at radius 3 is 2.52 bits per heavy atom. The number of hydrogen-bond donors (Lipinski definition) is 0. The predicted molar refractivity (Wildman–Crippen MR) is 94.1 cm³/mol. The molecule has 2 aromatic rings. The molecule has 1 aliphatic heterocycles. The largest absolute Gasteiger partial charge is 0.494 e. The molecule has 1 saturated heterocycles. The zero-order chi connectivity index (χ0) is 15.7. The minimum Gasteiger partial charge on any atom is -0.494 e. The van der Waals surface area contributed by atoms with Crippen molar-refractivity contribution in [3.8, 4) is 5.75 Å². The molecule has 124 valence electrons. The third-order valence-electron chi connectivity index (χ3n) is 4.45. The molecule has 0 saturated carbocycles. The Morgan fingerprint density at radius 2 is 1.78 bits per heavy atom. The minimum absolute atomic E-state index is 0.799. The lowest BCUT2D eigenvalue weighted by Gasteiger charge is -2.28. The summed E-state index contributed by atoms with van der Waals surface area (Å²) in [6.45, 7) is 4.23. The highest BCUT2D eigenvalue weighted by atomic mass is 16.5. The van der Waals surface area contributed by atoms with Crippen LogP contribution in [-0.2, 0) is 6.54 Å². The van der Waals surface area contributed by atoms with E-state index in [0.717, 1.165) is 25.3 Å². The molecule has 0 spiro atoms. The van der Waals surface area contributed by atoms with Gasteiger partial charge in [-0.05, 0) is 62.8 Å². The molecule has 4 heteroatoms. The standard InChI is InChI=1S/C19H27N3O/c1-4-13-22(14-5-1)18-7-9-19(10-8-18)23-16-6-2-3-12-21-15-11-20-17-21/h7-11,15,17H,1-6,12-14,16H2. The van der Waals surface area contributed by atoms with Crippen LogP contribution in [0.4, 0.5) is 5.69 Å². The Morgan fingerprint density at radius 1 is 0.957 bits per heavy atom. The molecule has 0 atom stereocenters. The second kappa shape index (κ2) is 8.61. The Hall–Kier alpha value is -1.97. The lowest BCUT2D eigenvalue weighted by molar-refractivity contribution is 0.304. The Kier molecular flexibility index (Phi) is 5.95. The first-order valence-electron chi connectivity index (χ1n) is 8.85. The van der Waals surface area contributed by atoms with Gasteiger partial charge in [0.2, 0.25) is 0 Å². The predicted octanol–water partition coefficient (Wildman–Crippen LogP) is 4.12. The number of imidazole rings is 1. The normalized spacial score (nSPS) is 14.9. The molecule has 0 unspecified atom stereocenters. The summed E-state index contributed by atoms with van der Waals surface area (Å²) in [6, 6.07) is 8.60. The van der Waals surface area contributed by atoms with Crippen molar-refractivity contribution < 1.29 is 4.74 Å².